The van der Waals surface area contributed by atoms with Crippen molar-refractivity contribution in [2.24, 2.45) is 0 Å². The minimum atomic E-state index is -3.67. The van der Waals surface area contributed by atoms with Crippen LogP contribution < -0.4 is 10.5 Å². The lowest BCUT2D eigenvalue weighted by Gasteiger charge is -2.21. The predicted molar refractivity (Wildman–Crippen MR) is 112 cm³/mol. The zero-order valence-corrected chi connectivity index (χ0v) is 17.8. The highest BCUT2D eigenvalue weighted by molar-refractivity contribution is 7.92. The van der Waals surface area contributed by atoms with E-state index in [0.29, 0.717) is 28.5 Å². The van der Waals surface area contributed by atoms with E-state index in [9.17, 15) is 8.42 Å². The second kappa shape index (κ2) is 6.84. The molecule has 0 bridgehead atoms. The van der Waals surface area contributed by atoms with Crippen LogP contribution in [0.3, 0.4) is 0 Å². The van der Waals surface area contributed by atoms with Gasteiger partial charge in [-0.15, -0.1) is 0 Å². The Balaban J connectivity index is 1.95. The first-order valence-corrected chi connectivity index (χ1v) is 10.6. The highest BCUT2D eigenvalue weighted by atomic mass is 32.2. The molecule has 0 radical (unpaired) electrons. The molecule has 0 fully saturated rings. The number of fused-ring (bicyclic) bond motifs is 1. The highest BCUT2D eigenvalue weighted by Gasteiger charge is 2.34. The average molecular weight is 427 g/mol. The summed E-state index contributed by atoms with van der Waals surface area (Å²) in [6.07, 6.45) is 4.49. The number of ether oxygens (including phenoxy) is 1. The van der Waals surface area contributed by atoms with Gasteiger partial charge in [-0.25, -0.2) is 13.4 Å². The van der Waals surface area contributed by atoms with E-state index in [1.54, 1.807) is 49.6 Å². The lowest BCUT2D eigenvalue weighted by atomic mass is 10.1. The molecule has 156 valence electrons. The minimum Gasteiger partial charge on any atom is -0.495 e. The first-order valence-electron chi connectivity index (χ1n) is 9.09. The normalized spacial score (nSPS) is 12.4. The maximum absolute atomic E-state index is 13.1. The zero-order valence-electron chi connectivity index (χ0n) is 16.9. The van der Waals surface area contributed by atoms with Crippen LogP contribution in [-0.2, 0) is 9.84 Å². The number of nitrogens with two attached hydrogens (primary N) is 1. The van der Waals surface area contributed by atoms with Crippen LogP contribution in [0.5, 0.6) is 5.75 Å². The van der Waals surface area contributed by atoms with E-state index >= 15 is 0 Å². The van der Waals surface area contributed by atoms with Crippen molar-refractivity contribution < 1.29 is 17.7 Å². The van der Waals surface area contributed by atoms with Gasteiger partial charge in [-0.2, -0.15) is 4.98 Å². The van der Waals surface area contributed by atoms with Gasteiger partial charge in [0.1, 0.15) is 16.3 Å². The average Bonchev–Trinajstić information content (AvgIpc) is 3.35. The van der Waals surface area contributed by atoms with Gasteiger partial charge in [0.25, 0.3) is 5.89 Å². The third-order valence-corrected chi connectivity index (χ3v) is 7.25. The van der Waals surface area contributed by atoms with Crippen LogP contribution in [0, 0.1) is 0 Å². The number of aromatic nitrogens is 4. The van der Waals surface area contributed by atoms with Crippen molar-refractivity contribution in [2.45, 2.75) is 30.4 Å². The van der Waals surface area contributed by atoms with Gasteiger partial charge in [-0.3, -0.25) is 4.40 Å². The summed E-state index contributed by atoms with van der Waals surface area (Å²) >= 11 is 0. The van der Waals surface area contributed by atoms with E-state index in [4.69, 9.17) is 15.0 Å². The van der Waals surface area contributed by atoms with E-state index in [-0.39, 0.29) is 10.6 Å². The Bertz CT molecular complexity index is 1340. The number of methoxy groups -OCH3 is 1. The molecular formula is C20H21N5O4S. The summed E-state index contributed by atoms with van der Waals surface area (Å²) in [7, 11) is -2.23. The summed E-state index contributed by atoms with van der Waals surface area (Å²) in [6, 6.07) is 6.92. The van der Waals surface area contributed by atoms with Crippen LogP contribution in [0.15, 0.2) is 52.4 Å². The molecule has 10 heteroatoms. The second-order valence-electron chi connectivity index (χ2n) is 7.78. The van der Waals surface area contributed by atoms with Crippen molar-refractivity contribution >= 4 is 21.2 Å². The topological polar surface area (TPSA) is 126 Å². The molecule has 4 rings (SSSR count). The maximum atomic E-state index is 13.1. The highest BCUT2D eigenvalue weighted by Crippen LogP contribution is 2.35. The van der Waals surface area contributed by atoms with E-state index in [0.717, 1.165) is 5.56 Å². The lowest BCUT2D eigenvalue weighted by Crippen LogP contribution is -2.28. The molecule has 0 aliphatic heterocycles. The molecule has 0 saturated heterocycles. The maximum Gasteiger partial charge on any atom is 0.257 e. The quantitative estimate of drug-likeness (QED) is 0.492. The second-order valence-corrected chi connectivity index (χ2v) is 10.5. The fraction of sp³-hybridized carbons (Fsp3) is 0.250. The van der Waals surface area contributed by atoms with Gasteiger partial charge >= 0.3 is 0 Å². The zero-order chi connectivity index (χ0) is 21.7. The Morgan fingerprint density at radius 3 is 2.47 bits per heavy atom. The van der Waals surface area contributed by atoms with Crippen molar-refractivity contribution in [3.05, 3.63) is 43.0 Å². The number of benzene rings is 1. The van der Waals surface area contributed by atoms with Crippen LogP contribution in [0.4, 0.5) is 5.69 Å². The van der Waals surface area contributed by atoms with Gasteiger partial charge < -0.3 is 15.0 Å². The molecule has 3 heterocycles. The fourth-order valence-electron chi connectivity index (χ4n) is 3.11. The summed E-state index contributed by atoms with van der Waals surface area (Å²) in [5, 5.41) is 3.63. The Kier molecular flexibility index (Phi) is 4.53. The molecule has 0 aliphatic carbocycles. The van der Waals surface area contributed by atoms with Crippen molar-refractivity contribution in [3.63, 3.8) is 0 Å². The number of nitrogen functional groups attached to an aromatic ring is 1. The lowest BCUT2D eigenvalue weighted by molar-refractivity contribution is 0.401. The molecule has 3 aromatic heterocycles. The predicted octanol–water partition coefficient (Wildman–Crippen LogP) is 3.21. The van der Waals surface area contributed by atoms with Crippen LogP contribution in [0.2, 0.25) is 0 Å². The van der Waals surface area contributed by atoms with Gasteiger partial charge in [-0.05, 0) is 39.0 Å². The first kappa shape index (κ1) is 19.9. The largest absolute Gasteiger partial charge is 0.495 e. The number of nitrogens with zero attached hydrogens (tertiary/aromatic N) is 4. The summed E-state index contributed by atoms with van der Waals surface area (Å²) in [5.74, 6) is 0.573. The van der Waals surface area contributed by atoms with Gasteiger partial charge in [-0.1, -0.05) is 5.16 Å². The summed E-state index contributed by atoms with van der Waals surface area (Å²) in [4.78, 5) is 8.55. The third-order valence-electron chi connectivity index (χ3n) is 4.75. The van der Waals surface area contributed by atoms with E-state index < -0.39 is 14.6 Å². The fourth-order valence-corrected chi connectivity index (χ4v) is 4.43. The third kappa shape index (κ3) is 3.18. The van der Waals surface area contributed by atoms with Crippen LogP contribution >= 0.6 is 0 Å². The Morgan fingerprint density at radius 1 is 1.10 bits per heavy atom. The summed E-state index contributed by atoms with van der Waals surface area (Å²) in [5.41, 5.74) is 9.14. The molecule has 0 unspecified atom stereocenters. The van der Waals surface area contributed by atoms with Crippen molar-refractivity contribution in [1.82, 2.24) is 19.5 Å². The number of imidazole rings is 1. The molecule has 4 aromatic rings. The molecule has 0 aliphatic rings. The van der Waals surface area contributed by atoms with E-state index in [1.807, 2.05) is 6.07 Å². The van der Waals surface area contributed by atoms with Crippen molar-refractivity contribution in [2.75, 3.05) is 12.8 Å². The standard InChI is InChI=1S/C20H21N5O4S/c1-20(2,3)30(26,27)17-10-25-15(9-22-18(25)8-16(17)28-4)12-5-13(7-14(21)6-12)19-23-11-24-29-19/h5-11H,21H2,1-4H3. The molecular weight excluding hydrogens is 406 g/mol. The first-order chi connectivity index (χ1) is 14.1. The Labute approximate surface area is 173 Å². The number of rotatable bonds is 4. The van der Waals surface area contributed by atoms with Gasteiger partial charge in [0.05, 0.1) is 23.7 Å². The van der Waals surface area contributed by atoms with Crippen molar-refractivity contribution in [1.29, 1.82) is 0 Å². The molecule has 2 N–H and O–H groups in total. The monoisotopic (exact) mass is 427 g/mol. The van der Waals surface area contributed by atoms with Crippen LogP contribution in [-0.4, -0.2) is 39.8 Å². The van der Waals surface area contributed by atoms with Crippen LogP contribution in [0.25, 0.3) is 28.4 Å². The Morgan fingerprint density at radius 2 is 1.83 bits per heavy atom. The smallest absolute Gasteiger partial charge is 0.257 e. The number of hydrogen-bond donors (Lipinski definition) is 1. The molecule has 9 nitrogen and oxygen atoms in total. The number of sulfone groups is 1. The van der Waals surface area contributed by atoms with Gasteiger partial charge in [0, 0.05) is 29.1 Å². The molecule has 0 atom stereocenters. The Hall–Kier alpha value is -3.40. The summed E-state index contributed by atoms with van der Waals surface area (Å²) < 4.78 is 37.5. The number of hydrogen-bond acceptors (Lipinski definition) is 8. The molecule has 0 amide bonds. The number of anilines is 1. The van der Waals surface area contributed by atoms with Crippen molar-refractivity contribution in [3.8, 4) is 28.5 Å². The SMILES string of the molecule is COc1cc2ncc(-c3cc(N)cc(-c4ncno4)c3)n2cc1S(=O)(=O)C(C)(C)C. The van der Waals surface area contributed by atoms with Gasteiger partial charge in [0.2, 0.25) is 0 Å². The minimum absolute atomic E-state index is 0.0882. The molecule has 30 heavy (non-hydrogen) atoms. The van der Waals surface area contributed by atoms with E-state index in [2.05, 4.69) is 15.1 Å². The van der Waals surface area contributed by atoms with E-state index in [1.165, 1.54) is 19.6 Å². The molecule has 1 aromatic carbocycles. The molecule has 0 saturated carbocycles. The van der Waals surface area contributed by atoms with Gasteiger partial charge in [0.15, 0.2) is 16.2 Å². The number of pyridine rings is 1. The van der Waals surface area contributed by atoms with Crippen LogP contribution in [0.1, 0.15) is 20.8 Å². The molecule has 0 spiro atoms. The summed E-state index contributed by atoms with van der Waals surface area (Å²) in [6.45, 7) is 4.94.